The van der Waals surface area contributed by atoms with Gasteiger partial charge in [0.05, 0.1) is 17.4 Å². The molecule has 0 aliphatic carbocycles. The number of fused-ring (bicyclic) bond motifs is 1. The fourth-order valence-corrected chi connectivity index (χ4v) is 1.79. The fourth-order valence-electron chi connectivity index (χ4n) is 1.79. The molecule has 0 radical (unpaired) electrons. The summed E-state index contributed by atoms with van der Waals surface area (Å²) in [6.07, 6.45) is 7.18. The standard InChI is InChI=1S/C12H17N3/c1-9(2)4-3-5-11-10-6-7-13-8-12(10)15-14-11/h6-9H,3-5H2,1-2H3,(H,14,15). The first-order valence-corrected chi connectivity index (χ1v) is 5.54. The van der Waals surface area contributed by atoms with Gasteiger partial charge in [-0.05, 0) is 24.8 Å². The molecule has 0 saturated carbocycles. The van der Waals surface area contributed by atoms with Crippen LogP contribution in [0.3, 0.4) is 0 Å². The summed E-state index contributed by atoms with van der Waals surface area (Å²) >= 11 is 0. The maximum absolute atomic E-state index is 4.33. The monoisotopic (exact) mass is 203 g/mol. The number of hydrogen-bond donors (Lipinski definition) is 1. The molecule has 2 aromatic heterocycles. The molecule has 0 aliphatic rings. The zero-order valence-corrected chi connectivity index (χ0v) is 9.33. The maximum atomic E-state index is 4.33. The van der Waals surface area contributed by atoms with Crippen LogP contribution in [0.1, 0.15) is 32.4 Å². The van der Waals surface area contributed by atoms with Gasteiger partial charge in [-0.25, -0.2) is 0 Å². The summed E-state index contributed by atoms with van der Waals surface area (Å²) in [6, 6.07) is 2.03. The minimum absolute atomic E-state index is 0.775. The van der Waals surface area contributed by atoms with Crippen LogP contribution in [-0.2, 0) is 6.42 Å². The lowest BCUT2D eigenvalue weighted by atomic mass is 10.0. The summed E-state index contributed by atoms with van der Waals surface area (Å²) in [4.78, 5) is 4.06. The van der Waals surface area contributed by atoms with Crippen LogP contribution in [0, 0.1) is 5.92 Å². The molecule has 2 aromatic rings. The van der Waals surface area contributed by atoms with Gasteiger partial charge in [-0.15, -0.1) is 0 Å². The molecule has 0 atom stereocenters. The van der Waals surface area contributed by atoms with Crippen LogP contribution in [0.5, 0.6) is 0 Å². The van der Waals surface area contributed by atoms with Crippen LogP contribution in [0.2, 0.25) is 0 Å². The Morgan fingerprint density at radius 1 is 1.40 bits per heavy atom. The van der Waals surface area contributed by atoms with E-state index in [9.17, 15) is 0 Å². The minimum atomic E-state index is 0.775. The highest BCUT2D eigenvalue weighted by Gasteiger charge is 2.04. The highest BCUT2D eigenvalue weighted by atomic mass is 15.1. The highest BCUT2D eigenvalue weighted by Crippen LogP contribution is 2.16. The highest BCUT2D eigenvalue weighted by molar-refractivity contribution is 5.80. The molecule has 0 aromatic carbocycles. The van der Waals surface area contributed by atoms with E-state index in [0.29, 0.717) is 0 Å². The number of aromatic amines is 1. The number of pyridine rings is 1. The van der Waals surface area contributed by atoms with E-state index in [2.05, 4.69) is 29.0 Å². The molecular weight excluding hydrogens is 186 g/mol. The van der Waals surface area contributed by atoms with Crippen LogP contribution < -0.4 is 0 Å². The molecule has 0 fully saturated rings. The van der Waals surface area contributed by atoms with Crippen molar-refractivity contribution in [2.75, 3.05) is 0 Å². The Balaban J connectivity index is 2.08. The number of aryl methyl sites for hydroxylation is 1. The average molecular weight is 203 g/mol. The summed E-state index contributed by atoms with van der Waals surface area (Å²) in [7, 11) is 0. The Hall–Kier alpha value is -1.38. The van der Waals surface area contributed by atoms with E-state index < -0.39 is 0 Å². The van der Waals surface area contributed by atoms with Gasteiger partial charge in [0, 0.05) is 11.6 Å². The van der Waals surface area contributed by atoms with Gasteiger partial charge in [0.2, 0.25) is 0 Å². The first-order valence-electron chi connectivity index (χ1n) is 5.54. The molecule has 15 heavy (non-hydrogen) atoms. The number of nitrogens with zero attached hydrogens (tertiary/aromatic N) is 2. The van der Waals surface area contributed by atoms with Gasteiger partial charge in [0.15, 0.2) is 0 Å². The quantitative estimate of drug-likeness (QED) is 0.830. The van der Waals surface area contributed by atoms with Gasteiger partial charge < -0.3 is 0 Å². The molecule has 2 heterocycles. The summed E-state index contributed by atoms with van der Waals surface area (Å²) in [5.41, 5.74) is 2.21. The molecule has 0 saturated heterocycles. The third-order valence-corrected chi connectivity index (χ3v) is 2.64. The molecule has 0 aliphatic heterocycles. The van der Waals surface area contributed by atoms with E-state index in [4.69, 9.17) is 0 Å². The Labute approximate surface area is 89.9 Å². The van der Waals surface area contributed by atoms with Crippen molar-refractivity contribution in [1.29, 1.82) is 0 Å². The SMILES string of the molecule is CC(C)CCCc1n[nH]c2cnccc12. The molecule has 3 heteroatoms. The van der Waals surface area contributed by atoms with E-state index in [-0.39, 0.29) is 0 Å². The predicted molar refractivity (Wildman–Crippen MR) is 61.7 cm³/mol. The van der Waals surface area contributed by atoms with Crippen molar-refractivity contribution < 1.29 is 0 Å². The van der Waals surface area contributed by atoms with Crippen molar-refractivity contribution in [2.45, 2.75) is 33.1 Å². The van der Waals surface area contributed by atoms with Crippen molar-refractivity contribution in [1.82, 2.24) is 15.2 Å². The smallest absolute Gasteiger partial charge is 0.0836 e. The first kappa shape index (κ1) is 10.1. The molecular formula is C12H17N3. The number of nitrogens with one attached hydrogen (secondary N) is 1. The van der Waals surface area contributed by atoms with Crippen molar-refractivity contribution in [3.05, 3.63) is 24.2 Å². The second kappa shape index (κ2) is 4.43. The van der Waals surface area contributed by atoms with Crippen LogP contribution >= 0.6 is 0 Å². The normalized spacial score (nSPS) is 11.4. The third-order valence-electron chi connectivity index (χ3n) is 2.64. The van der Waals surface area contributed by atoms with Gasteiger partial charge in [-0.2, -0.15) is 5.10 Å². The van der Waals surface area contributed by atoms with Gasteiger partial charge in [-0.1, -0.05) is 20.3 Å². The molecule has 80 valence electrons. The molecule has 0 bridgehead atoms. The van der Waals surface area contributed by atoms with Crippen LogP contribution in [0.4, 0.5) is 0 Å². The summed E-state index contributed by atoms with van der Waals surface area (Å²) < 4.78 is 0. The largest absolute Gasteiger partial charge is 0.276 e. The zero-order chi connectivity index (χ0) is 10.7. The molecule has 0 amide bonds. The predicted octanol–water partition coefficient (Wildman–Crippen LogP) is 2.94. The fraction of sp³-hybridized carbons (Fsp3) is 0.500. The van der Waals surface area contributed by atoms with Crippen molar-refractivity contribution >= 4 is 10.9 Å². The van der Waals surface area contributed by atoms with Gasteiger partial charge in [0.1, 0.15) is 0 Å². The Morgan fingerprint density at radius 3 is 3.07 bits per heavy atom. The number of hydrogen-bond acceptors (Lipinski definition) is 2. The number of H-pyrrole nitrogens is 1. The Bertz CT molecular complexity index is 431. The molecule has 0 unspecified atom stereocenters. The summed E-state index contributed by atoms with van der Waals surface area (Å²) in [5, 5.41) is 8.56. The maximum Gasteiger partial charge on any atom is 0.0836 e. The summed E-state index contributed by atoms with van der Waals surface area (Å²) in [6.45, 7) is 4.51. The lowest BCUT2D eigenvalue weighted by molar-refractivity contribution is 0.553. The second-order valence-corrected chi connectivity index (χ2v) is 4.38. The van der Waals surface area contributed by atoms with Gasteiger partial charge in [0.25, 0.3) is 0 Å². The molecule has 2 rings (SSSR count). The van der Waals surface area contributed by atoms with Crippen molar-refractivity contribution in [2.24, 2.45) is 5.92 Å². The third kappa shape index (κ3) is 2.35. The lowest BCUT2D eigenvalue weighted by Gasteiger charge is -2.02. The molecule has 3 nitrogen and oxygen atoms in total. The van der Waals surface area contributed by atoms with Gasteiger partial charge in [-0.3, -0.25) is 10.1 Å². The Morgan fingerprint density at radius 2 is 2.27 bits per heavy atom. The van der Waals surface area contributed by atoms with E-state index in [1.807, 2.05) is 18.5 Å². The van der Waals surface area contributed by atoms with Crippen LogP contribution in [0.25, 0.3) is 10.9 Å². The summed E-state index contributed by atoms with van der Waals surface area (Å²) in [5.74, 6) is 0.775. The van der Waals surface area contributed by atoms with E-state index in [1.165, 1.54) is 23.9 Å². The van der Waals surface area contributed by atoms with E-state index in [1.54, 1.807) is 0 Å². The van der Waals surface area contributed by atoms with Gasteiger partial charge >= 0.3 is 0 Å². The van der Waals surface area contributed by atoms with Crippen molar-refractivity contribution in [3.63, 3.8) is 0 Å². The number of rotatable bonds is 4. The number of aromatic nitrogens is 3. The Kier molecular flexibility index (Phi) is 2.99. The van der Waals surface area contributed by atoms with Crippen LogP contribution in [0.15, 0.2) is 18.5 Å². The van der Waals surface area contributed by atoms with Crippen LogP contribution in [-0.4, -0.2) is 15.2 Å². The lowest BCUT2D eigenvalue weighted by Crippen LogP contribution is -1.91. The first-order chi connectivity index (χ1) is 7.27. The van der Waals surface area contributed by atoms with E-state index in [0.717, 1.165) is 17.9 Å². The topological polar surface area (TPSA) is 41.6 Å². The zero-order valence-electron chi connectivity index (χ0n) is 9.33. The second-order valence-electron chi connectivity index (χ2n) is 4.38. The molecule has 1 N–H and O–H groups in total. The average Bonchev–Trinajstić information content (AvgIpc) is 2.62. The molecule has 0 spiro atoms. The minimum Gasteiger partial charge on any atom is -0.276 e. The van der Waals surface area contributed by atoms with Crippen molar-refractivity contribution in [3.8, 4) is 0 Å². The van der Waals surface area contributed by atoms with E-state index >= 15 is 0 Å².